The van der Waals surface area contributed by atoms with Gasteiger partial charge in [-0.2, -0.15) is 33.7 Å². The number of rotatable bonds is 8. The molecule has 2 aliphatic rings. The molecule has 0 atom stereocenters. The summed E-state index contributed by atoms with van der Waals surface area (Å²) in [6.07, 6.45) is 6.92. The number of hydrogen-bond donors (Lipinski definition) is 6. The molecule has 0 radical (unpaired) electrons. The fraction of sp³-hybridized carbons (Fsp3) is 0. The minimum absolute atomic E-state index is 0. The Morgan fingerprint density at radius 3 is 0.677 bits per heavy atom. The molecule has 21 heteroatoms. The Bertz CT molecular complexity index is 3310. The third kappa shape index (κ3) is 9.06. The minimum atomic E-state index is -4.55. The smallest absolute Gasteiger partial charge is 1.00 e. The topological polar surface area (TPSA) is 275 Å². The maximum atomic E-state index is 12.0. The molecule has 0 unspecified atom stereocenters. The van der Waals surface area contributed by atoms with E-state index in [1.165, 1.54) is 97.1 Å². The van der Waals surface area contributed by atoms with Gasteiger partial charge in [-0.3, -0.25) is 18.2 Å². The molecule has 65 heavy (non-hydrogen) atoms. The fourth-order valence-corrected chi connectivity index (χ4v) is 9.51. The molecule has 0 amide bonds. The molecule has 7 aromatic rings. The summed E-state index contributed by atoms with van der Waals surface area (Å²) in [6.45, 7) is 0. The quantitative estimate of drug-likeness (QED) is 0.0819. The average Bonchev–Trinajstić information content (AvgIpc) is 4.08. The van der Waals surface area contributed by atoms with E-state index in [0.717, 1.165) is 0 Å². The van der Waals surface area contributed by atoms with Crippen LogP contribution in [0.3, 0.4) is 0 Å². The summed E-state index contributed by atoms with van der Waals surface area (Å²) in [5.41, 5.74) is 7.41. The average molecular weight is 959 g/mol. The van der Waals surface area contributed by atoms with Gasteiger partial charge >= 0.3 is 29.6 Å². The molecule has 3 aromatic heterocycles. The van der Waals surface area contributed by atoms with Crippen LogP contribution < -0.4 is 29.6 Å². The molecule has 8 bridgehead atoms. The molecule has 0 spiro atoms. The fourth-order valence-electron chi connectivity index (χ4n) is 7.59. The Kier molecular flexibility index (Phi) is 11.8. The molecule has 4 aromatic carbocycles. The number of hydrogen-bond acceptors (Lipinski definition) is 10. The Morgan fingerprint density at radius 1 is 0.323 bits per heavy atom. The van der Waals surface area contributed by atoms with E-state index in [1.807, 2.05) is 0 Å². The van der Waals surface area contributed by atoms with Crippen molar-refractivity contribution in [3.63, 3.8) is 0 Å². The van der Waals surface area contributed by atoms with Crippen LogP contribution in [0.15, 0.2) is 141 Å². The number of aromatic amines is 2. The standard InChI is InChI=1S/C44H30N4O12S4.Na.H/c49-61(50,51)29-9-1-25(2-10-29)41-33-17-19-35(45-33)42(26-3-11-30(12-4-26)62(52,53)54)37-21-23-39(47-37)44(28-7-15-32(16-8-28)64(58,59)60)40-24-22-38(48-40)43(36-20-18-34(41)46-36)27-5-13-31(14-6-27)63(55,56)57;;/h1-24,45,48H,(H,49,50,51)(H,52,53,54)(H,55,56,57)(H,58,59,60);;/q;+1;-1. The van der Waals surface area contributed by atoms with Gasteiger partial charge in [0.25, 0.3) is 40.5 Å². The Labute approximate surface area is 394 Å². The maximum Gasteiger partial charge on any atom is 1.00 e. The molecule has 9 rings (SSSR count). The van der Waals surface area contributed by atoms with Crippen LogP contribution >= 0.6 is 0 Å². The second-order valence-corrected chi connectivity index (χ2v) is 20.2. The predicted octanol–water partition coefficient (Wildman–Crippen LogP) is 5.43. The van der Waals surface area contributed by atoms with Gasteiger partial charge in [-0.05, 0) is 119 Å². The van der Waals surface area contributed by atoms with Crippen molar-refractivity contribution in [1.29, 1.82) is 0 Å². The summed E-state index contributed by atoms with van der Waals surface area (Å²) >= 11 is 0. The number of fused-ring (bicyclic) bond motifs is 8. The molecule has 6 N–H and O–H groups in total. The summed E-state index contributed by atoms with van der Waals surface area (Å²) in [4.78, 5) is 15.6. The Morgan fingerprint density at radius 2 is 0.508 bits per heavy atom. The van der Waals surface area contributed by atoms with Crippen molar-refractivity contribution in [3.05, 3.63) is 144 Å². The molecule has 5 heterocycles. The normalized spacial score (nSPS) is 12.9. The summed E-state index contributed by atoms with van der Waals surface area (Å²) < 4.78 is 135. The summed E-state index contributed by atoms with van der Waals surface area (Å²) in [6, 6.07) is 29.0. The van der Waals surface area contributed by atoms with Gasteiger partial charge in [0, 0.05) is 44.3 Å². The van der Waals surface area contributed by atoms with Crippen LogP contribution in [0.2, 0.25) is 0 Å². The monoisotopic (exact) mass is 958 g/mol. The van der Waals surface area contributed by atoms with Gasteiger partial charge in [-0.1, -0.05) is 48.5 Å². The molecule has 0 saturated heterocycles. The molecule has 2 aliphatic heterocycles. The van der Waals surface area contributed by atoms with Gasteiger partial charge in [-0.15, -0.1) is 0 Å². The first-order valence-corrected chi connectivity index (χ1v) is 24.5. The van der Waals surface area contributed by atoms with Gasteiger partial charge < -0.3 is 11.4 Å². The molecule has 16 nitrogen and oxygen atoms in total. The molecule has 0 aliphatic carbocycles. The van der Waals surface area contributed by atoms with Crippen LogP contribution in [0.5, 0.6) is 0 Å². The minimum Gasteiger partial charge on any atom is -1.00 e. The SMILES string of the molecule is O=S(=O)(O)c1ccc(-c2c3nc(c(-c4ccc(S(=O)(=O)O)cc4)c4ccc([nH]4)c(-c4ccc(S(=O)(=O)O)cc4)c4nc(c(-c5ccc(S(=O)(=O)O)cc5)c5ccc2[nH]5)C=C4)C=C3)cc1.[H-].[Na+]. The molecule has 324 valence electrons. The third-order valence-corrected chi connectivity index (χ3v) is 14.0. The van der Waals surface area contributed by atoms with E-state index >= 15 is 0 Å². The van der Waals surface area contributed by atoms with E-state index in [4.69, 9.17) is 9.97 Å². The first-order valence-electron chi connectivity index (χ1n) is 18.7. The zero-order valence-corrected chi connectivity index (χ0v) is 38.7. The Balaban J connectivity index is 0.00000324. The van der Waals surface area contributed by atoms with Crippen LogP contribution in [-0.2, 0) is 40.5 Å². The number of benzene rings is 4. The van der Waals surface area contributed by atoms with Crippen molar-refractivity contribution >= 4 is 86.8 Å². The van der Waals surface area contributed by atoms with E-state index in [0.29, 0.717) is 89.4 Å². The van der Waals surface area contributed by atoms with Gasteiger partial charge in [0.1, 0.15) is 0 Å². The van der Waals surface area contributed by atoms with Crippen molar-refractivity contribution in [2.45, 2.75) is 19.6 Å². The second kappa shape index (κ2) is 16.8. The van der Waals surface area contributed by atoms with E-state index in [9.17, 15) is 51.9 Å². The number of H-pyrrole nitrogens is 2. The first-order chi connectivity index (χ1) is 30.2. The van der Waals surface area contributed by atoms with Crippen LogP contribution in [0.1, 0.15) is 24.2 Å². The van der Waals surface area contributed by atoms with Gasteiger partial charge in [0.15, 0.2) is 0 Å². The zero-order chi connectivity index (χ0) is 45.3. The summed E-state index contributed by atoms with van der Waals surface area (Å²) in [7, 11) is -18.2. The predicted molar refractivity (Wildman–Crippen MR) is 241 cm³/mol. The summed E-state index contributed by atoms with van der Waals surface area (Å²) in [5, 5.41) is 0. The number of aromatic nitrogens is 4. The third-order valence-electron chi connectivity index (χ3n) is 10.5. The second-order valence-electron chi connectivity index (χ2n) is 14.5. The number of nitrogens with zero attached hydrogens (tertiary/aromatic N) is 2. The molecular formula is C44H31N4NaO12S4. The summed E-state index contributed by atoms with van der Waals surface area (Å²) in [5.74, 6) is 0. The Hall–Kier alpha value is -5.88. The van der Waals surface area contributed by atoms with Gasteiger partial charge in [0.2, 0.25) is 0 Å². The van der Waals surface area contributed by atoms with Crippen LogP contribution in [0, 0.1) is 0 Å². The van der Waals surface area contributed by atoms with Crippen LogP contribution in [-0.4, -0.2) is 71.8 Å². The van der Waals surface area contributed by atoms with Crippen molar-refractivity contribution in [1.82, 2.24) is 19.9 Å². The molecule has 0 saturated carbocycles. The van der Waals surface area contributed by atoms with E-state index in [1.54, 1.807) is 48.6 Å². The number of nitrogens with one attached hydrogen (secondary N) is 2. The van der Waals surface area contributed by atoms with Crippen molar-refractivity contribution in [3.8, 4) is 44.5 Å². The van der Waals surface area contributed by atoms with E-state index < -0.39 is 40.5 Å². The van der Waals surface area contributed by atoms with Crippen molar-refractivity contribution in [2.75, 3.05) is 0 Å². The zero-order valence-electron chi connectivity index (χ0n) is 34.4. The maximum absolute atomic E-state index is 12.0. The first kappa shape index (κ1) is 45.7. The van der Waals surface area contributed by atoms with Crippen molar-refractivity contribution in [2.24, 2.45) is 0 Å². The van der Waals surface area contributed by atoms with E-state index in [-0.39, 0.29) is 50.6 Å². The van der Waals surface area contributed by atoms with Crippen LogP contribution in [0.25, 0.3) is 90.9 Å². The van der Waals surface area contributed by atoms with E-state index in [2.05, 4.69) is 9.97 Å². The van der Waals surface area contributed by atoms with Gasteiger partial charge in [0.05, 0.1) is 42.4 Å². The van der Waals surface area contributed by atoms with Crippen LogP contribution in [0.4, 0.5) is 0 Å². The molecular weight excluding hydrogens is 928 g/mol. The van der Waals surface area contributed by atoms with Gasteiger partial charge in [-0.25, -0.2) is 9.97 Å². The molecule has 0 fully saturated rings. The largest absolute Gasteiger partial charge is 1.00 e. The van der Waals surface area contributed by atoms with Crippen molar-refractivity contribution < 1.29 is 82.9 Å².